The Kier molecular flexibility index (Phi) is 6.51. The van der Waals surface area contributed by atoms with E-state index >= 15 is 0 Å². The molecule has 0 aromatic heterocycles. The van der Waals surface area contributed by atoms with Crippen LogP contribution in [0.2, 0.25) is 0 Å². The van der Waals surface area contributed by atoms with Crippen molar-refractivity contribution in [3.8, 4) is 0 Å². The Hall–Kier alpha value is -1.97. The smallest absolute Gasteiger partial charge is 0.334 e. The summed E-state index contributed by atoms with van der Waals surface area (Å²) in [6, 6.07) is 6.43. The van der Waals surface area contributed by atoms with Crippen LogP contribution in [0.15, 0.2) is 29.2 Å². The van der Waals surface area contributed by atoms with Crippen LogP contribution in [0.4, 0.5) is 0 Å². The molecule has 9 heteroatoms. The van der Waals surface area contributed by atoms with Gasteiger partial charge >= 0.3 is 5.97 Å². The maximum Gasteiger partial charge on any atom is 0.334 e. The van der Waals surface area contributed by atoms with Crippen LogP contribution in [0.1, 0.15) is 24.8 Å². The Morgan fingerprint density at radius 3 is 2.44 bits per heavy atom. The summed E-state index contributed by atoms with van der Waals surface area (Å²) in [4.78, 5) is 22.7. The first-order valence-corrected chi connectivity index (χ1v) is 9.43. The van der Waals surface area contributed by atoms with Crippen molar-refractivity contribution < 1.29 is 27.9 Å². The van der Waals surface area contributed by atoms with Crippen LogP contribution in [-0.4, -0.2) is 51.2 Å². The molecule has 0 aliphatic heterocycles. The lowest BCUT2D eigenvalue weighted by atomic mass is 10.1. The summed E-state index contributed by atoms with van der Waals surface area (Å²) in [7, 11) is -2.21. The molecule has 1 amide bonds. The van der Waals surface area contributed by atoms with Gasteiger partial charge in [0.05, 0.1) is 11.4 Å². The van der Waals surface area contributed by atoms with E-state index in [0.717, 1.165) is 18.4 Å². The molecule has 1 unspecified atom stereocenters. The number of ether oxygens (including phenoxy) is 1. The van der Waals surface area contributed by atoms with Crippen LogP contribution in [0, 0.1) is 0 Å². The van der Waals surface area contributed by atoms with Crippen molar-refractivity contribution in [2.24, 2.45) is 0 Å². The highest BCUT2D eigenvalue weighted by molar-refractivity contribution is 7.89. The average Bonchev–Trinajstić information content (AvgIpc) is 3.37. The summed E-state index contributed by atoms with van der Waals surface area (Å²) in [5.74, 6) is -1.44. The van der Waals surface area contributed by atoms with Gasteiger partial charge in [0.2, 0.25) is 15.9 Å². The highest BCUT2D eigenvalue weighted by atomic mass is 32.2. The number of hydrogen-bond acceptors (Lipinski definition) is 5. The first-order valence-electron chi connectivity index (χ1n) is 7.95. The zero-order valence-corrected chi connectivity index (χ0v) is 14.7. The van der Waals surface area contributed by atoms with Crippen LogP contribution < -0.4 is 10.0 Å². The number of carboxylic acid groups (broad SMARTS) is 1. The number of amides is 1. The van der Waals surface area contributed by atoms with Gasteiger partial charge in [-0.2, -0.15) is 0 Å². The van der Waals surface area contributed by atoms with Gasteiger partial charge in [-0.05, 0) is 37.0 Å². The maximum absolute atomic E-state index is 12.1. The number of sulfonamides is 1. The Morgan fingerprint density at radius 1 is 1.28 bits per heavy atom. The number of carbonyl (C=O) groups is 2. The molecule has 8 nitrogen and oxygen atoms in total. The Labute approximate surface area is 146 Å². The van der Waals surface area contributed by atoms with Gasteiger partial charge in [-0.15, -0.1) is 0 Å². The maximum atomic E-state index is 12.1. The van der Waals surface area contributed by atoms with Crippen molar-refractivity contribution >= 4 is 21.9 Å². The molecule has 0 saturated heterocycles. The number of hydrogen-bond donors (Lipinski definition) is 3. The van der Waals surface area contributed by atoms with Crippen molar-refractivity contribution in [2.75, 3.05) is 13.7 Å². The minimum absolute atomic E-state index is 0.0510. The highest BCUT2D eigenvalue weighted by Crippen LogP contribution is 2.22. The van der Waals surface area contributed by atoms with Crippen LogP contribution >= 0.6 is 0 Å². The number of aryl methyl sites for hydroxylation is 1. The molecular weight excluding hydrogens is 348 g/mol. The SMILES string of the molecule is COC(CNC(=O)CCc1ccc(S(=O)(=O)NC2CC2)cc1)C(=O)O. The molecule has 0 bridgehead atoms. The molecule has 1 aromatic carbocycles. The Bertz CT molecular complexity index is 713. The van der Waals surface area contributed by atoms with E-state index in [1.165, 1.54) is 19.2 Å². The lowest BCUT2D eigenvalue weighted by Crippen LogP contribution is -2.37. The van der Waals surface area contributed by atoms with E-state index in [0.29, 0.717) is 6.42 Å². The first-order chi connectivity index (χ1) is 11.8. The van der Waals surface area contributed by atoms with Crippen molar-refractivity contribution in [3.05, 3.63) is 29.8 Å². The Balaban J connectivity index is 1.81. The van der Waals surface area contributed by atoms with Gasteiger partial charge in [0.25, 0.3) is 0 Å². The van der Waals surface area contributed by atoms with Gasteiger partial charge in [-0.3, -0.25) is 4.79 Å². The van der Waals surface area contributed by atoms with E-state index in [2.05, 4.69) is 10.0 Å². The number of methoxy groups -OCH3 is 1. The molecule has 1 aliphatic rings. The van der Waals surface area contributed by atoms with E-state index in [1.54, 1.807) is 12.1 Å². The van der Waals surface area contributed by atoms with Gasteiger partial charge in [0.1, 0.15) is 0 Å². The highest BCUT2D eigenvalue weighted by Gasteiger charge is 2.27. The zero-order valence-electron chi connectivity index (χ0n) is 13.9. The topological polar surface area (TPSA) is 122 Å². The fourth-order valence-corrected chi connectivity index (χ4v) is 3.45. The summed E-state index contributed by atoms with van der Waals surface area (Å²) in [5, 5.41) is 11.3. The number of benzene rings is 1. The van der Waals surface area contributed by atoms with Crippen LogP contribution in [0.3, 0.4) is 0 Å². The standard InChI is InChI=1S/C16H22N2O6S/c1-24-14(16(20)21)10-17-15(19)9-4-11-2-7-13(8-3-11)25(22,23)18-12-5-6-12/h2-3,7-8,12,14,18H,4-6,9-10H2,1H3,(H,17,19)(H,20,21). The second-order valence-corrected chi connectivity index (χ2v) is 7.62. The average molecular weight is 370 g/mol. The van der Waals surface area contributed by atoms with E-state index in [9.17, 15) is 18.0 Å². The van der Waals surface area contributed by atoms with Crippen molar-refractivity contribution in [1.82, 2.24) is 10.0 Å². The lowest BCUT2D eigenvalue weighted by Gasteiger charge is -2.11. The minimum Gasteiger partial charge on any atom is -0.479 e. The van der Waals surface area contributed by atoms with Gasteiger partial charge in [-0.1, -0.05) is 12.1 Å². The summed E-state index contributed by atoms with van der Waals surface area (Å²) < 4.78 is 31.4. The molecular formula is C16H22N2O6S. The van der Waals surface area contributed by atoms with E-state index in [4.69, 9.17) is 9.84 Å². The second kappa shape index (κ2) is 8.41. The number of aliphatic carboxylic acids is 1. The predicted molar refractivity (Wildman–Crippen MR) is 89.5 cm³/mol. The number of rotatable bonds is 10. The van der Waals surface area contributed by atoms with E-state index in [1.807, 2.05) is 0 Å². The third-order valence-corrected chi connectivity index (χ3v) is 5.35. The summed E-state index contributed by atoms with van der Waals surface area (Å²) in [6.07, 6.45) is 1.26. The molecule has 0 spiro atoms. The van der Waals surface area contributed by atoms with Crippen LogP contribution in [0.5, 0.6) is 0 Å². The van der Waals surface area contributed by atoms with Crippen molar-refractivity contribution in [1.29, 1.82) is 0 Å². The van der Waals surface area contributed by atoms with Crippen molar-refractivity contribution in [2.45, 2.75) is 42.7 Å². The fraction of sp³-hybridized carbons (Fsp3) is 0.500. The predicted octanol–water partition coefficient (Wildman–Crippen LogP) is 0.276. The largest absolute Gasteiger partial charge is 0.479 e. The van der Waals surface area contributed by atoms with Gasteiger partial charge in [0, 0.05) is 19.6 Å². The molecule has 1 atom stereocenters. The van der Waals surface area contributed by atoms with Crippen LogP contribution in [0.25, 0.3) is 0 Å². The molecule has 1 fully saturated rings. The lowest BCUT2D eigenvalue weighted by molar-refractivity contribution is -0.148. The summed E-state index contributed by atoms with van der Waals surface area (Å²) in [5.41, 5.74) is 0.821. The second-order valence-electron chi connectivity index (χ2n) is 5.91. The quantitative estimate of drug-likeness (QED) is 0.544. The van der Waals surface area contributed by atoms with Gasteiger partial charge < -0.3 is 15.2 Å². The third kappa shape index (κ3) is 6.11. The summed E-state index contributed by atoms with van der Waals surface area (Å²) in [6.45, 7) is -0.102. The number of nitrogens with one attached hydrogen (secondary N) is 2. The summed E-state index contributed by atoms with van der Waals surface area (Å²) >= 11 is 0. The number of carboxylic acids is 1. The molecule has 0 radical (unpaired) electrons. The molecule has 25 heavy (non-hydrogen) atoms. The van der Waals surface area contributed by atoms with Crippen LogP contribution in [-0.2, 0) is 30.8 Å². The monoisotopic (exact) mass is 370 g/mol. The first kappa shape index (κ1) is 19.4. The van der Waals surface area contributed by atoms with Crippen molar-refractivity contribution in [3.63, 3.8) is 0 Å². The van der Waals surface area contributed by atoms with E-state index in [-0.39, 0.29) is 29.8 Å². The molecule has 0 heterocycles. The number of carbonyl (C=O) groups excluding carboxylic acids is 1. The Morgan fingerprint density at radius 2 is 1.92 bits per heavy atom. The molecule has 1 saturated carbocycles. The van der Waals surface area contributed by atoms with Gasteiger partial charge in [0.15, 0.2) is 6.10 Å². The van der Waals surface area contributed by atoms with E-state index < -0.39 is 22.1 Å². The molecule has 138 valence electrons. The fourth-order valence-electron chi connectivity index (χ4n) is 2.15. The molecule has 1 aromatic rings. The molecule has 3 N–H and O–H groups in total. The zero-order chi connectivity index (χ0) is 18.4. The third-order valence-electron chi connectivity index (χ3n) is 3.82. The minimum atomic E-state index is -3.47. The molecule has 2 rings (SSSR count). The van der Waals surface area contributed by atoms with Gasteiger partial charge in [-0.25, -0.2) is 17.9 Å². The normalized spacial score (nSPS) is 15.6. The molecule has 1 aliphatic carbocycles.